The number of fused-ring (bicyclic) bond motifs is 2. The number of hydrogen-bond donors (Lipinski definition) is 1. The van der Waals surface area contributed by atoms with Gasteiger partial charge in [0.15, 0.2) is 17.3 Å². The van der Waals surface area contributed by atoms with Crippen LogP contribution in [0.5, 0.6) is 11.5 Å². The fraction of sp³-hybridized carbons (Fsp3) is 0.312. The fourth-order valence-electron chi connectivity index (χ4n) is 6.05. The lowest BCUT2D eigenvalue weighted by atomic mass is 9.99. The van der Waals surface area contributed by atoms with Crippen molar-refractivity contribution in [1.82, 2.24) is 35.0 Å². The van der Waals surface area contributed by atoms with E-state index >= 15 is 0 Å². The lowest BCUT2D eigenvalue weighted by Crippen LogP contribution is -2.48. The molecule has 42 heavy (non-hydrogen) atoms. The number of ether oxygens (including phenoxy) is 2. The van der Waals surface area contributed by atoms with E-state index in [1.807, 2.05) is 48.0 Å². The first-order chi connectivity index (χ1) is 20.5. The van der Waals surface area contributed by atoms with Gasteiger partial charge in [0.25, 0.3) is 5.56 Å². The molecule has 0 bridgehead atoms. The number of aromatic nitrogens is 5. The Labute approximate surface area is 243 Å². The topological polar surface area (TPSA) is 101 Å². The molecular weight excluding hydrogens is 530 g/mol. The number of nitrogens with one attached hydrogen (secondary N) is 1. The standard InChI is InChI=1S/C32H33N7O3/c1-21-8-9-22(2)29-25(21)17-26(32(40)33-29)30(31-34-35-36-39(31)19-23-6-4-3-5-7-23)38-14-12-37(13-15-38)18-24-10-11-27-28(16-24)42-20-41-27/h3-11,16-17,30H,12-15,18-20H2,1-2H3,(H,33,40)/t30-/m1/s1. The summed E-state index contributed by atoms with van der Waals surface area (Å²) < 4.78 is 12.9. The molecule has 2 aliphatic rings. The largest absolute Gasteiger partial charge is 0.454 e. The molecule has 0 radical (unpaired) electrons. The van der Waals surface area contributed by atoms with Crippen LogP contribution >= 0.6 is 0 Å². The summed E-state index contributed by atoms with van der Waals surface area (Å²) in [6.45, 7) is 8.92. The van der Waals surface area contributed by atoms with Crippen molar-refractivity contribution in [2.75, 3.05) is 33.0 Å². The Kier molecular flexibility index (Phi) is 6.93. The smallest absolute Gasteiger partial charge is 0.253 e. The van der Waals surface area contributed by atoms with Crippen molar-refractivity contribution in [2.45, 2.75) is 33.0 Å². The SMILES string of the molecule is Cc1ccc(C)c2[nH]c(=O)c([C@H](c3nnnn3Cc3ccccc3)N3CCN(Cc4ccc5c(c4)OCO5)CC3)cc12. The number of nitrogens with zero attached hydrogens (tertiary/aromatic N) is 6. The van der Waals surface area contributed by atoms with E-state index in [0.717, 1.165) is 71.8 Å². The number of rotatable bonds is 7. The molecule has 5 aromatic rings. The maximum Gasteiger partial charge on any atom is 0.253 e. The number of tetrazole rings is 1. The molecule has 0 amide bonds. The number of aryl methyl sites for hydroxylation is 2. The van der Waals surface area contributed by atoms with Gasteiger partial charge in [0.1, 0.15) is 6.04 Å². The minimum atomic E-state index is -0.399. The van der Waals surface area contributed by atoms with Gasteiger partial charge in [0.05, 0.1) is 12.1 Å². The van der Waals surface area contributed by atoms with E-state index in [1.54, 1.807) is 0 Å². The highest BCUT2D eigenvalue weighted by Crippen LogP contribution is 2.33. The fourth-order valence-corrected chi connectivity index (χ4v) is 6.05. The molecule has 10 nitrogen and oxygen atoms in total. The van der Waals surface area contributed by atoms with E-state index in [2.05, 4.69) is 67.6 Å². The van der Waals surface area contributed by atoms with Crippen LogP contribution in [0, 0.1) is 13.8 Å². The summed E-state index contributed by atoms with van der Waals surface area (Å²) in [5, 5.41) is 14.0. The van der Waals surface area contributed by atoms with Gasteiger partial charge in [-0.15, -0.1) is 5.10 Å². The quantitative estimate of drug-likeness (QED) is 0.319. The molecule has 4 heterocycles. The van der Waals surface area contributed by atoms with Gasteiger partial charge in [-0.2, -0.15) is 0 Å². The van der Waals surface area contributed by atoms with Gasteiger partial charge in [0, 0.05) is 43.7 Å². The first-order valence-corrected chi connectivity index (χ1v) is 14.3. The molecule has 0 saturated carbocycles. The molecule has 7 rings (SSSR count). The Morgan fingerprint density at radius 1 is 0.857 bits per heavy atom. The summed E-state index contributed by atoms with van der Waals surface area (Å²) in [6, 6.07) is 22.1. The Morgan fingerprint density at radius 3 is 2.48 bits per heavy atom. The summed E-state index contributed by atoms with van der Waals surface area (Å²) in [5.41, 5.74) is 5.86. The molecule has 0 unspecified atom stereocenters. The molecule has 10 heteroatoms. The molecule has 0 spiro atoms. The van der Waals surface area contributed by atoms with Crippen molar-refractivity contribution in [1.29, 1.82) is 0 Å². The third-order valence-corrected chi connectivity index (χ3v) is 8.36. The predicted octanol–water partition coefficient (Wildman–Crippen LogP) is 3.82. The summed E-state index contributed by atoms with van der Waals surface area (Å²) in [7, 11) is 0. The van der Waals surface area contributed by atoms with E-state index in [-0.39, 0.29) is 12.4 Å². The van der Waals surface area contributed by atoms with Gasteiger partial charge >= 0.3 is 0 Å². The van der Waals surface area contributed by atoms with Crippen LogP contribution in [-0.4, -0.2) is 68.0 Å². The third-order valence-electron chi connectivity index (χ3n) is 8.36. The molecule has 3 aromatic carbocycles. The molecule has 1 fully saturated rings. The van der Waals surface area contributed by atoms with Crippen LogP contribution in [0.25, 0.3) is 10.9 Å². The number of aromatic amines is 1. The van der Waals surface area contributed by atoms with Crippen molar-refractivity contribution in [3.8, 4) is 11.5 Å². The lowest BCUT2D eigenvalue weighted by molar-refractivity contribution is 0.0998. The third kappa shape index (κ3) is 5.03. The van der Waals surface area contributed by atoms with Gasteiger partial charge in [-0.1, -0.05) is 48.5 Å². The molecule has 1 N–H and O–H groups in total. The zero-order valence-corrected chi connectivity index (χ0v) is 23.8. The first-order valence-electron chi connectivity index (χ1n) is 14.3. The minimum absolute atomic E-state index is 0.113. The zero-order chi connectivity index (χ0) is 28.6. The van der Waals surface area contributed by atoms with E-state index in [0.29, 0.717) is 17.9 Å². The Morgan fingerprint density at radius 2 is 1.64 bits per heavy atom. The highest BCUT2D eigenvalue weighted by Gasteiger charge is 2.33. The Hall–Kier alpha value is -4.54. The van der Waals surface area contributed by atoms with Gasteiger partial charge in [-0.05, 0) is 64.7 Å². The van der Waals surface area contributed by atoms with Crippen molar-refractivity contribution in [3.63, 3.8) is 0 Å². The molecule has 0 aliphatic carbocycles. The molecule has 2 aliphatic heterocycles. The lowest BCUT2D eigenvalue weighted by Gasteiger charge is -2.38. The van der Waals surface area contributed by atoms with Gasteiger partial charge in [-0.25, -0.2) is 4.68 Å². The molecule has 1 saturated heterocycles. The van der Waals surface area contributed by atoms with Crippen molar-refractivity contribution in [2.24, 2.45) is 0 Å². The van der Waals surface area contributed by atoms with Crippen molar-refractivity contribution < 1.29 is 9.47 Å². The molecule has 2 aromatic heterocycles. The second-order valence-corrected chi connectivity index (χ2v) is 11.1. The molecule has 1 atom stereocenters. The maximum absolute atomic E-state index is 13.8. The summed E-state index contributed by atoms with van der Waals surface area (Å²) in [5.74, 6) is 2.27. The highest BCUT2D eigenvalue weighted by molar-refractivity contribution is 5.85. The monoisotopic (exact) mass is 563 g/mol. The summed E-state index contributed by atoms with van der Waals surface area (Å²) in [6.07, 6.45) is 0. The van der Waals surface area contributed by atoms with Crippen LogP contribution in [0.1, 0.15) is 39.7 Å². The number of H-pyrrole nitrogens is 1. The first kappa shape index (κ1) is 26.4. The van der Waals surface area contributed by atoms with Gasteiger partial charge < -0.3 is 14.5 Å². The molecular formula is C32H33N7O3. The van der Waals surface area contributed by atoms with Crippen LogP contribution in [0.15, 0.2) is 71.5 Å². The van der Waals surface area contributed by atoms with Crippen LogP contribution < -0.4 is 15.0 Å². The summed E-state index contributed by atoms with van der Waals surface area (Å²) in [4.78, 5) is 21.7. The van der Waals surface area contributed by atoms with Crippen molar-refractivity contribution in [3.05, 3.63) is 111 Å². The predicted molar refractivity (Wildman–Crippen MR) is 159 cm³/mol. The number of benzene rings is 3. The van der Waals surface area contributed by atoms with E-state index in [9.17, 15) is 4.79 Å². The van der Waals surface area contributed by atoms with E-state index in [4.69, 9.17) is 9.47 Å². The van der Waals surface area contributed by atoms with Crippen LogP contribution in [0.3, 0.4) is 0 Å². The average molecular weight is 564 g/mol. The highest BCUT2D eigenvalue weighted by atomic mass is 16.7. The summed E-state index contributed by atoms with van der Waals surface area (Å²) >= 11 is 0. The zero-order valence-electron chi connectivity index (χ0n) is 23.8. The minimum Gasteiger partial charge on any atom is -0.454 e. The van der Waals surface area contributed by atoms with Crippen LogP contribution in [0.4, 0.5) is 0 Å². The van der Waals surface area contributed by atoms with E-state index < -0.39 is 6.04 Å². The Balaban J connectivity index is 1.21. The number of pyridine rings is 1. The Bertz CT molecular complexity index is 1790. The number of piperazine rings is 1. The number of hydrogen-bond acceptors (Lipinski definition) is 8. The second kappa shape index (κ2) is 11.0. The van der Waals surface area contributed by atoms with Gasteiger partial charge in [-0.3, -0.25) is 14.6 Å². The van der Waals surface area contributed by atoms with Crippen LogP contribution in [0.2, 0.25) is 0 Å². The van der Waals surface area contributed by atoms with Crippen molar-refractivity contribution >= 4 is 10.9 Å². The van der Waals surface area contributed by atoms with Gasteiger partial charge in [0.2, 0.25) is 6.79 Å². The maximum atomic E-state index is 13.8. The van der Waals surface area contributed by atoms with E-state index in [1.165, 1.54) is 5.56 Å². The van der Waals surface area contributed by atoms with Crippen LogP contribution in [-0.2, 0) is 13.1 Å². The average Bonchev–Trinajstić information content (AvgIpc) is 3.67. The molecule has 214 valence electrons. The normalized spacial score (nSPS) is 16.2. The second-order valence-electron chi connectivity index (χ2n) is 11.1.